The number of likely N-dealkylation sites (N-methyl/N-ethyl adjacent to an activating group) is 1. The second-order valence-corrected chi connectivity index (χ2v) is 3.94. The van der Waals surface area contributed by atoms with Crippen molar-refractivity contribution in [2.45, 2.75) is 25.8 Å². The van der Waals surface area contributed by atoms with Crippen molar-refractivity contribution in [3.05, 3.63) is 29.3 Å². The van der Waals surface area contributed by atoms with Crippen molar-refractivity contribution in [1.82, 2.24) is 0 Å². The molecule has 2 nitrogen and oxygen atoms in total. The molecule has 2 heteroatoms. The van der Waals surface area contributed by atoms with E-state index in [2.05, 4.69) is 37.1 Å². The molecule has 0 aromatic heterocycles. The summed E-state index contributed by atoms with van der Waals surface area (Å²) in [4.78, 5) is 12.7. The molecular formula is C12H15NO. The first kappa shape index (κ1) is 9.25. The molecule has 0 radical (unpaired) electrons. The van der Waals surface area contributed by atoms with Gasteiger partial charge in [-0.3, -0.25) is 0 Å². The van der Waals surface area contributed by atoms with Gasteiger partial charge < -0.3 is 9.69 Å². The van der Waals surface area contributed by atoms with Crippen LogP contribution in [0, 0.1) is 6.92 Å². The Hall–Kier alpha value is -1.31. The fourth-order valence-corrected chi connectivity index (χ4v) is 2.20. The smallest absolute Gasteiger partial charge is 0.122 e. The molecule has 0 bridgehead atoms. The number of benzene rings is 1. The van der Waals surface area contributed by atoms with Crippen LogP contribution in [0.2, 0.25) is 0 Å². The lowest BCUT2D eigenvalue weighted by atomic mass is 10.0. The molecule has 0 amide bonds. The average molecular weight is 189 g/mol. The van der Waals surface area contributed by atoms with Crippen LogP contribution >= 0.6 is 0 Å². The molecule has 1 aromatic rings. The summed E-state index contributed by atoms with van der Waals surface area (Å²) in [5.74, 6) is 0. The van der Waals surface area contributed by atoms with Gasteiger partial charge in [0.05, 0.1) is 0 Å². The summed E-state index contributed by atoms with van der Waals surface area (Å²) in [6.07, 6.45) is 2.66. The molecule has 0 aliphatic carbocycles. The van der Waals surface area contributed by atoms with E-state index in [-0.39, 0.29) is 0 Å². The van der Waals surface area contributed by atoms with Crippen LogP contribution in [0.25, 0.3) is 0 Å². The van der Waals surface area contributed by atoms with Gasteiger partial charge in [0.15, 0.2) is 0 Å². The van der Waals surface area contributed by atoms with Crippen molar-refractivity contribution in [1.29, 1.82) is 0 Å². The molecule has 0 N–H and O–H groups in total. The molecule has 0 fully saturated rings. The number of hydrogen-bond acceptors (Lipinski definition) is 2. The van der Waals surface area contributed by atoms with E-state index in [0.717, 1.165) is 12.7 Å². The maximum atomic E-state index is 10.5. The lowest BCUT2D eigenvalue weighted by molar-refractivity contribution is -0.108. The van der Waals surface area contributed by atoms with Gasteiger partial charge in [-0.1, -0.05) is 12.1 Å². The number of carbonyl (C=O) groups is 1. The van der Waals surface area contributed by atoms with E-state index < -0.39 is 0 Å². The number of fused-ring (bicyclic) bond motifs is 1. The molecule has 2 rings (SSSR count). The normalized spacial score (nSPS) is 19.6. The molecule has 0 saturated heterocycles. The maximum Gasteiger partial charge on any atom is 0.122 e. The summed E-state index contributed by atoms with van der Waals surface area (Å²) in [5.41, 5.74) is 4.03. The second kappa shape index (κ2) is 3.45. The van der Waals surface area contributed by atoms with Crippen molar-refractivity contribution >= 4 is 12.0 Å². The monoisotopic (exact) mass is 189 g/mol. The van der Waals surface area contributed by atoms with Crippen molar-refractivity contribution in [3.8, 4) is 0 Å². The van der Waals surface area contributed by atoms with E-state index >= 15 is 0 Å². The molecule has 14 heavy (non-hydrogen) atoms. The first-order chi connectivity index (χ1) is 6.74. The van der Waals surface area contributed by atoms with Gasteiger partial charge in [0.25, 0.3) is 0 Å². The van der Waals surface area contributed by atoms with Crippen LogP contribution in [-0.2, 0) is 11.2 Å². The minimum atomic E-state index is 0.364. The van der Waals surface area contributed by atoms with Crippen molar-refractivity contribution in [2.24, 2.45) is 0 Å². The van der Waals surface area contributed by atoms with E-state index in [1.54, 1.807) is 0 Å². The third-order valence-electron chi connectivity index (χ3n) is 3.12. The summed E-state index contributed by atoms with van der Waals surface area (Å²) >= 11 is 0. The topological polar surface area (TPSA) is 20.3 Å². The highest BCUT2D eigenvalue weighted by Crippen LogP contribution is 2.33. The summed E-state index contributed by atoms with van der Waals surface area (Å²) in [5, 5.41) is 0. The lowest BCUT2D eigenvalue weighted by Gasteiger charge is -2.20. The van der Waals surface area contributed by atoms with Gasteiger partial charge in [-0.25, -0.2) is 0 Å². The zero-order valence-corrected chi connectivity index (χ0v) is 8.66. The highest BCUT2D eigenvalue weighted by Gasteiger charge is 2.26. The van der Waals surface area contributed by atoms with Crippen molar-refractivity contribution < 1.29 is 4.79 Å². The van der Waals surface area contributed by atoms with Crippen molar-refractivity contribution in [3.63, 3.8) is 0 Å². The van der Waals surface area contributed by atoms with Crippen LogP contribution in [0.3, 0.4) is 0 Å². The minimum Gasteiger partial charge on any atom is -0.371 e. The fourth-order valence-electron chi connectivity index (χ4n) is 2.20. The van der Waals surface area contributed by atoms with Crippen LogP contribution in [0.15, 0.2) is 18.2 Å². The number of hydrogen-bond donors (Lipinski definition) is 0. The van der Waals surface area contributed by atoms with E-state index in [4.69, 9.17) is 0 Å². The van der Waals surface area contributed by atoms with Gasteiger partial charge >= 0.3 is 0 Å². The molecule has 0 saturated carbocycles. The second-order valence-electron chi connectivity index (χ2n) is 3.94. The van der Waals surface area contributed by atoms with Gasteiger partial charge in [0.2, 0.25) is 0 Å². The molecular weight excluding hydrogens is 174 g/mol. The zero-order valence-electron chi connectivity index (χ0n) is 8.66. The largest absolute Gasteiger partial charge is 0.371 e. The van der Waals surface area contributed by atoms with E-state index in [9.17, 15) is 4.79 Å². The van der Waals surface area contributed by atoms with Gasteiger partial charge in [0.1, 0.15) is 6.29 Å². The van der Waals surface area contributed by atoms with E-state index in [1.807, 2.05) is 0 Å². The van der Waals surface area contributed by atoms with Gasteiger partial charge in [-0.15, -0.1) is 0 Å². The SMILES string of the molecule is Cc1cccc2c1CC(CC=O)N2C. The summed E-state index contributed by atoms with van der Waals surface area (Å²) < 4.78 is 0. The van der Waals surface area contributed by atoms with E-state index in [0.29, 0.717) is 12.5 Å². The average Bonchev–Trinajstić information content (AvgIpc) is 2.48. The standard InChI is InChI=1S/C12H15NO/c1-9-4-3-5-12-11(9)8-10(6-7-14)13(12)2/h3-5,7,10H,6,8H2,1-2H3. The predicted octanol–water partition coefficient (Wildman–Crippen LogP) is 1.94. The van der Waals surface area contributed by atoms with Crippen LogP contribution in [0.4, 0.5) is 5.69 Å². The molecule has 1 heterocycles. The van der Waals surface area contributed by atoms with Crippen molar-refractivity contribution in [2.75, 3.05) is 11.9 Å². The number of nitrogens with zero attached hydrogens (tertiary/aromatic N) is 1. The Labute approximate surface area is 84.5 Å². The summed E-state index contributed by atoms with van der Waals surface area (Å²) in [7, 11) is 2.07. The third kappa shape index (κ3) is 1.31. The molecule has 1 aromatic carbocycles. The highest BCUT2D eigenvalue weighted by atomic mass is 16.1. The van der Waals surface area contributed by atoms with E-state index in [1.165, 1.54) is 16.8 Å². The van der Waals surface area contributed by atoms with Gasteiger partial charge in [-0.2, -0.15) is 0 Å². The quantitative estimate of drug-likeness (QED) is 0.663. The molecule has 1 unspecified atom stereocenters. The Bertz CT molecular complexity index is 359. The predicted molar refractivity (Wildman–Crippen MR) is 57.8 cm³/mol. The molecule has 0 spiro atoms. The Morgan fingerprint density at radius 3 is 3.00 bits per heavy atom. The summed E-state index contributed by atoms with van der Waals surface area (Å²) in [6, 6.07) is 6.71. The molecule has 74 valence electrons. The number of rotatable bonds is 2. The van der Waals surface area contributed by atoms with Crippen LogP contribution in [-0.4, -0.2) is 19.4 Å². The Kier molecular flexibility index (Phi) is 2.28. The number of carbonyl (C=O) groups excluding carboxylic acids is 1. The Morgan fingerprint density at radius 2 is 2.36 bits per heavy atom. The number of anilines is 1. The molecule has 1 aliphatic rings. The van der Waals surface area contributed by atoms with Gasteiger partial charge in [0, 0.05) is 25.2 Å². The third-order valence-corrected chi connectivity index (χ3v) is 3.12. The number of aldehydes is 1. The first-order valence-electron chi connectivity index (χ1n) is 4.99. The zero-order chi connectivity index (χ0) is 10.1. The Balaban J connectivity index is 2.35. The van der Waals surface area contributed by atoms with Crippen LogP contribution < -0.4 is 4.90 Å². The van der Waals surface area contributed by atoms with Crippen LogP contribution in [0.5, 0.6) is 0 Å². The van der Waals surface area contributed by atoms with Crippen LogP contribution in [0.1, 0.15) is 17.5 Å². The maximum absolute atomic E-state index is 10.5. The van der Waals surface area contributed by atoms with Gasteiger partial charge in [-0.05, 0) is 30.5 Å². The molecule has 1 aliphatic heterocycles. The number of aryl methyl sites for hydroxylation is 1. The minimum absolute atomic E-state index is 0.364. The molecule has 1 atom stereocenters. The fraction of sp³-hybridized carbons (Fsp3) is 0.417. The lowest BCUT2D eigenvalue weighted by Crippen LogP contribution is -2.27. The Morgan fingerprint density at radius 1 is 1.57 bits per heavy atom. The first-order valence-corrected chi connectivity index (χ1v) is 4.99. The highest BCUT2D eigenvalue weighted by molar-refractivity contribution is 5.64. The summed E-state index contributed by atoms with van der Waals surface area (Å²) in [6.45, 7) is 2.13.